The molecule has 0 aromatic heterocycles. The van der Waals surface area contributed by atoms with Crippen LogP contribution in [0.1, 0.15) is 49.8 Å². The monoisotopic (exact) mass is 528 g/mol. The van der Waals surface area contributed by atoms with E-state index in [0.29, 0.717) is 31.6 Å². The molecular weight excluding hydrogens is 490 g/mol. The van der Waals surface area contributed by atoms with Gasteiger partial charge in [0, 0.05) is 25.2 Å². The van der Waals surface area contributed by atoms with Crippen LogP contribution in [0, 0.1) is 11.6 Å². The molecule has 0 bridgehead atoms. The Labute approximate surface area is 223 Å². The molecule has 9 heteroatoms. The minimum Gasteiger partial charge on any atom is -0.351 e. The minimum absolute atomic E-state index is 0.0265. The van der Waals surface area contributed by atoms with E-state index in [2.05, 4.69) is 29.7 Å². The molecule has 1 aliphatic heterocycles. The summed E-state index contributed by atoms with van der Waals surface area (Å²) < 4.78 is 27.6. The van der Waals surface area contributed by atoms with E-state index in [1.807, 2.05) is 19.1 Å². The van der Waals surface area contributed by atoms with Gasteiger partial charge in [-0.15, -0.1) is 0 Å². The quantitative estimate of drug-likeness (QED) is 0.369. The summed E-state index contributed by atoms with van der Waals surface area (Å²) in [6.07, 6.45) is 3.43. The second-order valence-corrected chi connectivity index (χ2v) is 9.80. The molecular formula is C29H38F2N4O3. The maximum Gasteiger partial charge on any atom is 0.243 e. The lowest BCUT2D eigenvalue weighted by molar-refractivity contribution is -0.151. The van der Waals surface area contributed by atoms with Gasteiger partial charge in [-0.2, -0.15) is 0 Å². The van der Waals surface area contributed by atoms with Gasteiger partial charge in [0.15, 0.2) is 0 Å². The highest BCUT2D eigenvalue weighted by atomic mass is 19.1. The Bertz CT molecular complexity index is 1090. The number of hydrogen-bond donors (Lipinski definition) is 2. The van der Waals surface area contributed by atoms with Crippen LogP contribution in [-0.4, -0.2) is 66.3 Å². The molecule has 1 atom stereocenters. The molecule has 1 aliphatic rings. The van der Waals surface area contributed by atoms with Gasteiger partial charge in [-0.25, -0.2) is 8.78 Å². The van der Waals surface area contributed by atoms with Crippen molar-refractivity contribution in [3.63, 3.8) is 0 Å². The molecule has 0 spiro atoms. The first-order valence-electron chi connectivity index (χ1n) is 13.4. The van der Waals surface area contributed by atoms with Crippen LogP contribution in [0.2, 0.25) is 0 Å². The van der Waals surface area contributed by atoms with Crippen LogP contribution in [0.25, 0.3) is 0 Å². The van der Waals surface area contributed by atoms with Crippen molar-refractivity contribution in [1.29, 1.82) is 0 Å². The van der Waals surface area contributed by atoms with Crippen LogP contribution in [0.3, 0.4) is 0 Å². The number of benzene rings is 2. The molecule has 206 valence electrons. The van der Waals surface area contributed by atoms with E-state index < -0.39 is 23.6 Å². The van der Waals surface area contributed by atoms with Crippen molar-refractivity contribution in [3.05, 3.63) is 70.8 Å². The molecule has 2 aromatic carbocycles. The number of piperazine rings is 1. The maximum absolute atomic E-state index is 13.8. The maximum atomic E-state index is 13.8. The third kappa shape index (κ3) is 9.20. The lowest BCUT2D eigenvalue weighted by Gasteiger charge is -2.33. The molecule has 1 heterocycles. The number of rotatable bonds is 14. The van der Waals surface area contributed by atoms with Crippen LogP contribution in [0.15, 0.2) is 42.5 Å². The van der Waals surface area contributed by atoms with Gasteiger partial charge in [-0.05, 0) is 61.1 Å². The number of carbonyl (C=O) groups excluding carboxylic acids is 3. The number of carbonyl (C=O) groups is 3. The summed E-state index contributed by atoms with van der Waals surface area (Å²) in [5, 5.41) is 6.27. The van der Waals surface area contributed by atoms with Crippen LogP contribution < -0.4 is 10.6 Å². The summed E-state index contributed by atoms with van der Waals surface area (Å²) >= 11 is 0. The highest BCUT2D eigenvalue weighted by molar-refractivity contribution is 5.95. The molecule has 3 rings (SSSR count). The van der Waals surface area contributed by atoms with Gasteiger partial charge in [0.1, 0.15) is 24.7 Å². The first kappa shape index (κ1) is 29.2. The molecule has 1 fully saturated rings. The Morgan fingerprint density at radius 3 is 2.34 bits per heavy atom. The van der Waals surface area contributed by atoms with E-state index in [1.165, 1.54) is 27.5 Å². The summed E-state index contributed by atoms with van der Waals surface area (Å²) in [7, 11) is 0. The average molecular weight is 529 g/mol. The van der Waals surface area contributed by atoms with Gasteiger partial charge in [0.05, 0.1) is 6.54 Å². The zero-order valence-electron chi connectivity index (χ0n) is 22.3. The van der Waals surface area contributed by atoms with Gasteiger partial charge in [0.2, 0.25) is 17.7 Å². The number of unbranched alkanes of at least 4 members (excludes halogenated alkanes) is 1. The fraction of sp³-hybridized carbons (Fsp3) is 0.483. The van der Waals surface area contributed by atoms with Crippen LogP contribution in [-0.2, 0) is 33.8 Å². The van der Waals surface area contributed by atoms with Gasteiger partial charge < -0.3 is 20.4 Å². The molecule has 0 unspecified atom stereocenters. The predicted octanol–water partition coefficient (Wildman–Crippen LogP) is 3.21. The SMILES string of the molecule is CCCCN1CC(=O)N(CC(=O)N[C@H](CCNCc2cccc(CC)c2)Cc2cc(F)cc(F)c2)CC1=O. The molecule has 2 N–H and O–H groups in total. The Balaban J connectivity index is 1.58. The molecule has 7 nitrogen and oxygen atoms in total. The van der Waals surface area contributed by atoms with E-state index in [0.717, 1.165) is 30.9 Å². The van der Waals surface area contributed by atoms with Crippen LogP contribution in [0.5, 0.6) is 0 Å². The molecule has 0 radical (unpaired) electrons. The number of nitrogens with one attached hydrogen (secondary N) is 2. The molecule has 3 amide bonds. The first-order valence-corrected chi connectivity index (χ1v) is 13.4. The molecule has 38 heavy (non-hydrogen) atoms. The standard InChI is InChI=1S/C29H38F2N4O3/c1-3-5-11-34-19-29(38)35(20-28(34)37)18-27(36)33-26(15-23-13-24(30)16-25(31)14-23)9-10-32-17-22-8-6-7-21(4-2)12-22/h6-8,12-14,16,26,32H,3-5,9-11,15,17-20H2,1-2H3,(H,33,36)/t26-/m1/s1. The number of halogens is 2. The van der Waals surface area contributed by atoms with E-state index in [9.17, 15) is 23.2 Å². The number of aryl methyl sites for hydroxylation is 1. The largest absolute Gasteiger partial charge is 0.351 e. The van der Waals surface area contributed by atoms with Crippen LogP contribution >= 0.6 is 0 Å². The van der Waals surface area contributed by atoms with Crippen molar-refractivity contribution >= 4 is 17.7 Å². The van der Waals surface area contributed by atoms with Crippen LogP contribution in [0.4, 0.5) is 8.78 Å². The van der Waals surface area contributed by atoms with Crippen molar-refractivity contribution in [1.82, 2.24) is 20.4 Å². The number of amides is 3. The summed E-state index contributed by atoms with van der Waals surface area (Å²) in [5.41, 5.74) is 2.83. The van der Waals surface area contributed by atoms with Gasteiger partial charge in [-0.3, -0.25) is 14.4 Å². The van der Waals surface area contributed by atoms with Gasteiger partial charge >= 0.3 is 0 Å². The van der Waals surface area contributed by atoms with Crippen molar-refractivity contribution in [2.24, 2.45) is 0 Å². The summed E-state index contributed by atoms with van der Waals surface area (Å²) in [4.78, 5) is 40.6. The van der Waals surface area contributed by atoms with Crippen molar-refractivity contribution in [3.8, 4) is 0 Å². The summed E-state index contributed by atoms with van der Waals surface area (Å²) in [5.74, 6) is -2.21. The number of nitrogens with zero attached hydrogens (tertiary/aromatic N) is 2. The van der Waals surface area contributed by atoms with E-state index >= 15 is 0 Å². The Morgan fingerprint density at radius 1 is 0.947 bits per heavy atom. The third-order valence-electron chi connectivity index (χ3n) is 6.64. The first-order chi connectivity index (χ1) is 18.3. The average Bonchev–Trinajstić information content (AvgIpc) is 2.87. The van der Waals surface area contributed by atoms with Crippen molar-refractivity contribution < 1.29 is 23.2 Å². The summed E-state index contributed by atoms with van der Waals surface area (Å²) in [6, 6.07) is 11.2. The van der Waals surface area contributed by atoms with E-state index in [1.54, 1.807) is 0 Å². The normalized spacial score (nSPS) is 14.6. The predicted molar refractivity (Wildman–Crippen MR) is 142 cm³/mol. The van der Waals surface area contributed by atoms with Gasteiger partial charge in [0.25, 0.3) is 0 Å². The lowest BCUT2D eigenvalue weighted by Crippen LogP contribution is -2.56. The highest BCUT2D eigenvalue weighted by Gasteiger charge is 2.31. The topological polar surface area (TPSA) is 81.8 Å². The molecule has 1 saturated heterocycles. The van der Waals surface area contributed by atoms with Crippen molar-refractivity contribution in [2.45, 2.75) is 58.5 Å². The Morgan fingerprint density at radius 2 is 1.63 bits per heavy atom. The highest BCUT2D eigenvalue weighted by Crippen LogP contribution is 2.13. The van der Waals surface area contributed by atoms with E-state index in [4.69, 9.17) is 0 Å². The number of hydrogen-bond acceptors (Lipinski definition) is 4. The van der Waals surface area contributed by atoms with Crippen molar-refractivity contribution in [2.75, 3.05) is 32.7 Å². The third-order valence-corrected chi connectivity index (χ3v) is 6.64. The molecule has 2 aromatic rings. The zero-order chi connectivity index (χ0) is 27.5. The lowest BCUT2D eigenvalue weighted by atomic mass is 10.0. The fourth-order valence-electron chi connectivity index (χ4n) is 4.55. The molecule has 0 saturated carbocycles. The second-order valence-electron chi connectivity index (χ2n) is 9.80. The second kappa shape index (κ2) is 14.6. The minimum atomic E-state index is -0.677. The zero-order valence-corrected chi connectivity index (χ0v) is 22.3. The smallest absolute Gasteiger partial charge is 0.243 e. The summed E-state index contributed by atoms with van der Waals surface area (Å²) in [6.45, 7) is 5.47. The van der Waals surface area contributed by atoms with E-state index in [-0.39, 0.29) is 37.9 Å². The van der Waals surface area contributed by atoms with Gasteiger partial charge in [-0.1, -0.05) is 44.5 Å². The molecule has 0 aliphatic carbocycles. The Hall–Kier alpha value is -3.33. The Kier molecular flexibility index (Phi) is 11.2. The fourth-order valence-corrected chi connectivity index (χ4v) is 4.55.